The van der Waals surface area contributed by atoms with E-state index in [4.69, 9.17) is 14.2 Å². The van der Waals surface area contributed by atoms with Gasteiger partial charge in [0.15, 0.2) is 6.10 Å². The minimum Gasteiger partial charge on any atom is -0.462 e. The number of rotatable bonds is 53. The van der Waals surface area contributed by atoms with Gasteiger partial charge < -0.3 is 14.2 Å². The van der Waals surface area contributed by atoms with Gasteiger partial charge in [-0.05, 0) is 89.9 Å². The van der Waals surface area contributed by atoms with E-state index in [9.17, 15) is 14.4 Å². The molecule has 1 unspecified atom stereocenters. The zero-order valence-electron chi connectivity index (χ0n) is 45.6. The number of ether oxygens (including phenoxy) is 3. The Labute approximate surface area is 427 Å². The number of unbranched alkanes of at least 4 members (excludes halogenated alkanes) is 30. The number of hydrogen-bond donors (Lipinski definition) is 0. The third-order valence-electron chi connectivity index (χ3n) is 12.7. The Morgan fingerprint density at radius 1 is 0.304 bits per heavy atom. The summed E-state index contributed by atoms with van der Waals surface area (Å²) in [6.07, 6.45) is 73.2. The number of carbonyl (C=O) groups excluding carboxylic acids is 3. The summed E-state index contributed by atoms with van der Waals surface area (Å²) in [5.41, 5.74) is 0. The molecule has 0 amide bonds. The average Bonchev–Trinajstić information content (AvgIpc) is 3.35. The molecular weight excluding hydrogens is 853 g/mol. The quantitative estimate of drug-likeness (QED) is 0.0262. The van der Waals surface area contributed by atoms with Crippen molar-refractivity contribution < 1.29 is 28.6 Å². The fourth-order valence-corrected chi connectivity index (χ4v) is 8.29. The van der Waals surface area contributed by atoms with Crippen molar-refractivity contribution >= 4 is 17.9 Å². The van der Waals surface area contributed by atoms with E-state index in [0.717, 1.165) is 109 Å². The first-order chi connectivity index (χ1) is 34.0. The maximum Gasteiger partial charge on any atom is 0.306 e. The first-order valence-electron chi connectivity index (χ1n) is 29.4. The Morgan fingerprint density at radius 2 is 0.565 bits per heavy atom. The van der Waals surface area contributed by atoms with Crippen LogP contribution in [0, 0.1) is 0 Å². The van der Waals surface area contributed by atoms with Crippen LogP contribution in [0.15, 0.2) is 72.9 Å². The molecule has 1 atom stereocenters. The van der Waals surface area contributed by atoms with Crippen molar-refractivity contribution in [1.29, 1.82) is 0 Å². The summed E-state index contributed by atoms with van der Waals surface area (Å²) in [7, 11) is 0. The molecule has 0 aliphatic rings. The van der Waals surface area contributed by atoms with Gasteiger partial charge in [-0.1, -0.05) is 254 Å². The number of esters is 3. The molecule has 6 nitrogen and oxygen atoms in total. The first-order valence-corrected chi connectivity index (χ1v) is 29.4. The van der Waals surface area contributed by atoms with Crippen LogP contribution in [0.1, 0.15) is 290 Å². The summed E-state index contributed by atoms with van der Waals surface area (Å²) in [4.78, 5) is 38.2. The molecule has 0 radical (unpaired) electrons. The molecule has 0 aromatic heterocycles. The van der Waals surface area contributed by atoms with Crippen molar-refractivity contribution in [2.24, 2.45) is 0 Å². The monoisotopic (exact) mass is 963 g/mol. The highest BCUT2D eigenvalue weighted by atomic mass is 16.6. The molecule has 398 valence electrons. The van der Waals surface area contributed by atoms with E-state index < -0.39 is 6.10 Å². The lowest BCUT2D eigenvalue weighted by Gasteiger charge is -2.18. The van der Waals surface area contributed by atoms with Crippen molar-refractivity contribution in [1.82, 2.24) is 0 Å². The second kappa shape index (κ2) is 57.4. The molecule has 0 aromatic carbocycles. The Bertz CT molecular complexity index is 1290. The summed E-state index contributed by atoms with van der Waals surface area (Å²) in [5.74, 6) is -0.917. The molecule has 0 saturated carbocycles. The normalized spacial score (nSPS) is 12.6. The lowest BCUT2D eigenvalue weighted by molar-refractivity contribution is -0.167. The van der Waals surface area contributed by atoms with E-state index in [0.29, 0.717) is 19.3 Å². The molecule has 0 saturated heterocycles. The van der Waals surface area contributed by atoms with Gasteiger partial charge >= 0.3 is 17.9 Å². The summed E-state index contributed by atoms with van der Waals surface area (Å²) < 4.78 is 16.9. The highest BCUT2D eigenvalue weighted by Gasteiger charge is 2.19. The van der Waals surface area contributed by atoms with Crippen LogP contribution in [0.3, 0.4) is 0 Å². The van der Waals surface area contributed by atoms with Crippen molar-refractivity contribution in [3.05, 3.63) is 72.9 Å². The van der Waals surface area contributed by atoms with E-state index in [1.165, 1.54) is 141 Å². The van der Waals surface area contributed by atoms with Gasteiger partial charge in [-0.25, -0.2) is 0 Å². The highest BCUT2D eigenvalue weighted by Crippen LogP contribution is 2.16. The van der Waals surface area contributed by atoms with Crippen LogP contribution in [0.5, 0.6) is 0 Å². The number of carbonyl (C=O) groups is 3. The Morgan fingerprint density at radius 3 is 0.913 bits per heavy atom. The van der Waals surface area contributed by atoms with Crippen molar-refractivity contribution in [2.75, 3.05) is 13.2 Å². The van der Waals surface area contributed by atoms with Crippen LogP contribution in [-0.4, -0.2) is 37.2 Å². The highest BCUT2D eigenvalue weighted by molar-refractivity contribution is 5.71. The predicted molar refractivity (Wildman–Crippen MR) is 298 cm³/mol. The van der Waals surface area contributed by atoms with E-state index in [2.05, 4.69) is 93.7 Å². The van der Waals surface area contributed by atoms with Gasteiger partial charge in [0.1, 0.15) is 13.2 Å². The summed E-state index contributed by atoms with van der Waals surface area (Å²) in [5, 5.41) is 0. The van der Waals surface area contributed by atoms with Crippen molar-refractivity contribution in [2.45, 2.75) is 297 Å². The van der Waals surface area contributed by atoms with Crippen LogP contribution in [0.25, 0.3) is 0 Å². The number of allylic oxidation sites excluding steroid dienone is 12. The van der Waals surface area contributed by atoms with Crippen LogP contribution in [0.2, 0.25) is 0 Å². The lowest BCUT2D eigenvalue weighted by Crippen LogP contribution is -2.30. The van der Waals surface area contributed by atoms with Gasteiger partial charge in [0.2, 0.25) is 0 Å². The summed E-state index contributed by atoms with van der Waals surface area (Å²) in [6, 6.07) is 0. The minimum atomic E-state index is -0.792. The standard InChI is InChI=1S/C63H110O6/c1-4-7-10-13-16-19-22-25-28-31-32-33-36-38-41-44-47-50-53-56-62(65)68-59-60(69-63(66)57-54-51-48-45-42-39-35-30-27-24-21-18-15-12-9-6-3)58-67-61(64)55-52-49-46-43-40-37-34-29-26-23-20-17-14-11-8-5-2/h7,10,16,19,25,28,30,32-33,35,38,41,60H,4-6,8-9,11-15,17-18,20-24,26-27,29,31,34,36-37,39-40,42-59H2,1-3H3/b10-7-,19-16-,28-25-,33-32-,35-30-,41-38-. The molecule has 0 fully saturated rings. The second-order valence-corrected chi connectivity index (χ2v) is 19.5. The maximum atomic E-state index is 12.9. The van der Waals surface area contributed by atoms with Crippen LogP contribution in [-0.2, 0) is 28.6 Å². The molecule has 0 aliphatic carbocycles. The predicted octanol–water partition coefficient (Wildman–Crippen LogP) is 19.8. The molecule has 0 rings (SSSR count). The van der Waals surface area contributed by atoms with E-state index in [1.807, 2.05) is 0 Å². The third kappa shape index (κ3) is 55.6. The smallest absolute Gasteiger partial charge is 0.306 e. The molecule has 0 spiro atoms. The van der Waals surface area contributed by atoms with Gasteiger partial charge in [0, 0.05) is 19.3 Å². The zero-order valence-corrected chi connectivity index (χ0v) is 45.6. The molecule has 69 heavy (non-hydrogen) atoms. The maximum absolute atomic E-state index is 12.9. The molecular formula is C63H110O6. The largest absolute Gasteiger partial charge is 0.462 e. The summed E-state index contributed by atoms with van der Waals surface area (Å²) >= 11 is 0. The SMILES string of the molecule is CC/C=C\C/C=C\C/C=C\C/C=C\C/C=C\CCCCCC(=O)OCC(COC(=O)CCCCCCCCCCCCCCCCCC)OC(=O)CCCCCCC/C=C\CCCCCCCCC. The fourth-order valence-electron chi connectivity index (χ4n) is 8.29. The number of hydrogen-bond acceptors (Lipinski definition) is 6. The molecule has 0 bridgehead atoms. The topological polar surface area (TPSA) is 78.9 Å². The first kappa shape index (κ1) is 65.8. The molecule has 0 aromatic rings. The average molecular weight is 964 g/mol. The van der Waals surface area contributed by atoms with E-state index >= 15 is 0 Å². The van der Waals surface area contributed by atoms with Gasteiger partial charge in [0.05, 0.1) is 0 Å². The van der Waals surface area contributed by atoms with Crippen LogP contribution < -0.4 is 0 Å². The Hall–Kier alpha value is -3.15. The van der Waals surface area contributed by atoms with E-state index in [-0.39, 0.29) is 31.1 Å². The fraction of sp³-hybridized carbons (Fsp3) is 0.762. The van der Waals surface area contributed by atoms with Crippen LogP contribution >= 0.6 is 0 Å². The Kier molecular flexibility index (Phi) is 54.8. The molecule has 6 heteroatoms. The Balaban J connectivity index is 4.43. The summed E-state index contributed by atoms with van der Waals surface area (Å²) in [6.45, 7) is 6.52. The van der Waals surface area contributed by atoms with Gasteiger partial charge in [-0.3, -0.25) is 14.4 Å². The van der Waals surface area contributed by atoms with Crippen LogP contribution in [0.4, 0.5) is 0 Å². The van der Waals surface area contributed by atoms with Gasteiger partial charge in [-0.2, -0.15) is 0 Å². The zero-order chi connectivity index (χ0) is 50.0. The second-order valence-electron chi connectivity index (χ2n) is 19.5. The molecule has 0 N–H and O–H groups in total. The molecule has 0 aliphatic heterocycles. The van der Waals surface area contributed by atoms with Crippen molar-refractivity contribution in [3.63, 3.8) is 0 Å². The van der Waals surface area contributed by atoms with Gasteiger partial charge in [0.25, 0.3) is 0 Å². The third-order valence-corrected chi connectivity index (χ3v) is 12.7. The van der Waals surface area contributed by atoms with Gasteiger partial charge in [-0.15, -0.1) is 0 Å². The van der Waals surface area contributed by atoms with Crippen molar-refractivity contribution in [3.8, 4) is 0 Å². The lowest BCUT2D eigenvalue weighted by atomic mass is 10.0. The minimum absolute atomic E-state index is 0.0869. The van der Waals surface area contributed by atoms with E-state index in [1.54, 1.807) is 0 Å². The molecule has 0 heterocycles.